The number of hydrogen-bond donors (Lipinski definition) is 0. The van der Waals surface area contributed by atoms with Gasteiger partial charge in [0, 0.05) is 17.1 Å². The molecule has 1 atom stereocenters. The smallest absolute Gasteiger partial charge is 0.399 e. The maximum absolute atomic E-state index is 6.54. The molecule has 6 aromatic rings. The first-order valence-corrected chi connectivity index (χ1v) is 15.1. The first kappa shape index (κ1) is 26.9. The zero-order valence-electron chi connectivity index (χ0n) is 25.3. The van der Waals surface area contributed by atoms with Gasteiger partial charge < -0.3 is 9.31 Å². The molecular weight excluding hydrogens is 541 g/mol. The zero-order valence-corrected chi connectivity index (χ0v) is 25.3. The molecule has 1 saturated heterocycles. The van der Waals surface area contributed by atoms with Crippen LogP contribution in [0.2, 0.25) is 0 Å². The fraction of sp³-hybridized carbons (Fsp3) is 0.184. The van der Waals surface area contributed by atoms with E-state index in [1.807, 2.05) is 24.3 Å². The van der Waals surface area contributed by atoms with Gasteiger partial charge in [0.2, 0.25) is 0 Å². The van der Waals surface area contributed by atoms with E-state index in [0.717, 1.165) is 49.9 Å². The molecule has 1 aliphatic heterocycles. The van der Waals surface area contributed by atoms with Gasteiger partial charge in [-0.3, -0.25) is 0 Å². The highest BCUT2D eigenvalue weighted by Gasteiger charge is 2.53. The second-order valence-electron chi connectivity index (χ2n) is 12.7. The van der Waals surface area contributed by atoms with Crippen LogP contribution in [0.5, 0.6) is 0 Å². The Labute approximate surface area is 258 Å². The summed E-state index contributed by atoms with van der Waals surface area (Å²) in [6, 6.07) is 40.1. The average molecular weight is 574 g/mol. The molecule has 0 bridgehead atoms. The maximum atomic E-state index is 6.54. The van der Waals surface area contributed by atoms with E-state index in [1.54, 1.807) is 6.20 Å². The Balaban J connectivity index is 1.46. The molecule has 0 radical (unpaired) electrons. The van der Waals surface area contributed by atoms with Crippen LogP contribution in [0.1, 0.15) is 50.2 Å². The maximum Gasteiger partial charge on any atom is 0.494 e. The van der Waals surface area contributed by atoms with Gasteiger partial charge in [-0.05, 0) is 73.1 Å². The second kappa shape index (κ2) is 9.68. The topological polar surface area (TPSA) is 57.1 Å². The molecule has 5 nitrogen and oxygen atoms in total. The number of nitrogens with zero attached hydrogens (tertiary/aromatic N) is 3. The Morgan fingerprint density at radius 1 is 0.614 bits per heavy atom. The van der Waals surface area contributed by atoms with Crippen LogP contribution in [0.25, 0.3) is 33.4 Å². The van der Waals surface area contributed by atoms with Gasteiger partial charge in [0.1, 0.15) is 5.41 Å². The quantitative estimate of drug-likeness (QED) is 0.206. The van der Waals surface area contributed by atoms with Gasteiger partial charge in [-0.1, -0.05) is 103 Å². The van der Waals surface area contributed by atoms with E-state index in [0.29, 0.717) is 11.5 Å². The van der Waals surface area contributed by atoms with Crippen LogP contribution < -0.4 is 5.46 Å². The first-order chi connectivity index (χ1) is 21.3. The molecule has 0 N–H and O–H groups in total. The van der Waals surface area contributed by atoms with Crippen LogP contribution >= 0.6 is 0 Å². The molecule has 6 heteroatoms. The van der Waals surface area contributed by atoms with Crippen LogP contribution in [-0.4, -0.2) is 33.3 Å². The normalized spacial score (nSPS) is 19.6. The molecule has 214 valence electrons. The predicted molar refractivity (Wildman–Crippen MR) is 176 cm³/mol. The van der Waals surface area contributed by atoms with Gasteiger partial charge in [0.05, 0.1) is 16.9 Å². The monoisotopic (exact) mass is 573 g/mol. The third kappa shape index (κ3) is 3.84. The summed E-state index contributed by atoms with van der Waals surface area (Å²) in [7, 11) is -0.499. The number of fused-ring (bicyclic) bond motifs is 4. The van der Waals surface area contributed by atoms with Crippen molar-refractivity contribution in [3.63, 3.8) is 0 Å². The standard InChI is InChI=1S/C38H32BN3O2/c1-36(2)37(3,4)44-39(43-36)27-21-22-29-28-18-11-12-20-31(28)38(32(29)24-27,26-16-9-6-10-17-26)35-41-33(25-14-7-5-8-15-25)30-19-13-23-40-34(30)42-35/h5-24H,1-4H3. The molecule has 2 aliphatic rings. The minimum absolute atomic E-state index is 0.451. The number of pyridine rings is 1. The molecule has 0 saturated carbocycles. The van der Waals surface area contributed by atoms with Crippen LogP contribution in [-0.2, 0) is 14.7 Å². The lowest BCUT2D eigenvalue weighted by Gasteiger charge is -2.32. The minimum atomic E-state index is -0.803. The highest BCUT2D eigenvalue weighted by atomic mass is 16.7. The molecule has 0 amide bonds. The molecule has 4 aromatic carbocycles. The predicted octanol–water partition coefficient (Wildman–Crippen LogP) is 7.35. The van der Waals surface area contributed by atoms with Crippen molar-refractivity contribution < 1.29 is 9.31 Å². The summed E-state index contributed by atoms with van der Waals surface area (Å²) < 4.78 is 13.1. The third-order valence-electron chi connectivity index (χ3n) is 9.66. The van der Waals surface area contributed by atoms with Crippen molar-refractivity contribution in [2.24, 2.45) is 0 Å². The Hall–Kier alpha value is -4.65. The zero-order chi connectivity index (χ0) is 30.1. The summed E-state index contributed by atoms with van der Waals surface area (Å²) in [5.74, 6) is 0.686. The van der Waals surface area contributed by atoms with Crippen LogP contribution in [0, 0.1) is 0 Å². The van der Waals surface area contributed by atoms with Crippen molar-refractivity contribution in [1.29, 1.82) is 0 Å². The Morgan fingerprint density at radius 2 is 1.27 bits per heavy atom. The van der Waals surface area contributed by atoms with Crippen LogP contribution in [0.15, 0.2) is 121 Å². The van der Waals surface area contributed by atoms with E-state index < -0.39 is 23.7 Å². The van der Waals surface area contributed by atoms with Gasteiger partial charge in [0.15, 0.2) is 11.5 Å². The van der Waals surface area contributed by atoms with Crippen molar-refractivity contribution in [3.05, 3.63) is 144 Å². The van der Waals surface area contributed by atoms with E-state index in [1.165, 1.54) is 0 Å². The van der Waals surface area contributed by atoms with E-state index in [9.17, 15) is 0 Å². The Morgan fingerprint density at radius 3 is 2.02 bits per heavy atom. The fourth-order valence-electron chi connectivity index (χ4n) is 6.74. The summed E-state index contributed by atoms with van der Waals surface area (Å²) in [5, 5.41) is 0.920. The lowest BCUT2D eigenvalue weighted by Crippen LogP contribution is -2.41. The van der Waals surface area contributed by atoms with Crippen LogP contribution in [0.3, 0.4) is 0 Å². The van der Waals surface area contributed by atoms with Crippen LogP contribution in [0.4, 0.5) is 0 Å². The van der Waals surface area contributed by atoms with Gasteiger partial charge in [-0.15, -0.1) is 0 Å². The van der Waals surface area contributed by atoms with E-state index in [2.05, 4.69) is 119 Å². The lowest BCUT2D eigenvalue weighted by atomic mass is 9.69. The summed E-state index contributed by atoms with van der Waals surface area (Å²) in [5.41, 5.74) is 7.46. The third-order valence-corrected chi connectivity index (χ3v) is 9.66. The Kier molecular flexibility index (Phi) is 5.93. The number of rotatable bonds is 4. The van der Waals surface area contributed by atoms with Crippen molar-refractivity contribution in [2.75, 3.05) is 0 Å². The molecule has 0 spiro atoms. The highest BCUT2D eigenvalue weighted by Crippen LogP contribution is 2.55. The molecule has 1 aliphatic carbocycles. The average Bonchev–Trinajstić information content (AvgIpc) is 3.47. The SMILES string of the molecule is CC1(C)OB(c2ccc3c(c2)C(c2ccccc2)(c2nc(-c4ccccc4)c4cccnc4n2)c2ccccc2-3)OC1(C)C. The van der Waals surface area contributed by atoms with Gasteiger partial charge in [-0.25, -0.2) is 15.0 Å². The van der Waals surface area contributed by atoms with E-state index >= 15 is 0 Å². The minimum Gasteiger partial charge on any atom is -0.399 e. The van der Waals surface area contributed by atoms with Gasteiger partial charge >= 0.3 is 7.12 Å². The van der Waals surface area contributed by atoms with E-state index in [-0.39, 0.29) is 0 Å². The van der Waals surface area contributed by atoms with Crippen molar-refractivity contribution >= 4 is 23.6 Å². The molecular formula is C38H32BN3O2. The second-order valence-corrected chi connectivity index (χ2v) is 12.7. The number of aromatic nitrogens is 3. The molecule has 3 heterocycles. The highest BCUT2D eigenvalue weighted by molar-refractivity contribution is 6.62. The summed E-state index contributed by atoms with van der Waals surface area (Å²) in [6.07, 6.45) is 1.80. The Bertz CT molecular complexity index is 2030. The number of benzene rings is 4. The first-order valence-electron chi connectivity index (χ1n) is 15.1. The summed E-state index contributed by atoms with van der Waals surface area (Å²) in [4.78, 5) is 15.5. The largest absolute Gasteiger partial charge is 0.494 e. The molecule has 2 aromatic heterocycles. The molecule has 1 fully saturated rings. The molecule has 8 rings (SSSR count). The van der Waals surface area contributed by atoms with Crippen molar-refractivity contribution in [1.82, 2.24) is 15.0 Å². The number of hydrogen-bond acceptors (Lipinski definition) is 5. The summed E-state index contributed by atoms with van der Waals surface area (Å²) >= 11 is 0. The lowest BCUT2D eigenvalue weighted by molar-refractivity contribution is 0.00578. The molecule has 1 unspecified atom stereocenters. The van der Waals surface area contributed by atoms with Crippen molar-refractivity contribution in [3.8, 4) is 22.4 Å². The molecule has 44 heavy (non-hydrogen) atoms. The summed E-state index contributed by atoms with van der Waals surface area (Å²) in [6.45, 7) is 8.36. The van der Waals surface area contributed by atoms with E-state index in [4.69, 9.17) is 24.3 Å². The fourth-order valence-corrected chi connectivity index (χ4v) is 6.74. The van der Waals surface area contributed by atoms with Crippen molar-refractivity contribution in [2.45, 2.75) is 44.3 Å². The van der Waals surface area contributed by atoms with Gasteiger partial charge in [0.25, 0.3) is 0 Å². The van der Waals surface area contributed by atoms with Gasteiger partial charge in [-0.2, -0.15) is 0 Å².